The molecule has 92 valence electrons. The Morgan fingerprint density at radius 2 is 2.44 bits per heavy atom. The smallest absolute Gasteiger partial charge is 0.253 e. The first kappa shape index (κ1) is 12.9. The molecule has 0 radical (unpaired) electrons. The Kier molecular flexibility index (Phi) is 4.70. The average molecular weight is 229 g/mol. The van der Waals surface area contributed by atoms with Crippen LogP contribution in [0, 0.1) is 0 Å². The summed E-state index contributed by atoms with van der Waals surface area (Å²) >= 11 is 0. The highest BCUT2D eigenvalue weighted by Gasteiger charge is 2.34. The van der Waals surface area contributed by atoms with Crippen LogP contribution in [0.1, 0.15) is 13.3 Å². The monoisotopic (exact) mass is 229 g/mol. The normalized spacial score (nSPS) is 22.8. The number of ether oxygens (including phenoxy) is 1. The minimum atomic E-state index is -0.653. The fourth-order valence-electron chi connectivity index (χ4n) is 1.87. The van der Waals surface area contributed by atoms with Crippen molar-refractivity contribution in [2.45, 2.75) is 25.5 Å². The molecule has 1 fully saturated rings. The lowest BCUT2D eigenvalue weighted by atomic mass is 10.1. The summed E-state index contributed by atoms with van der Waals surface area (Å²) in [5.41, 5.74) is 5.44. The van der Waals surface area contributed by atoms with Crippen molar-refractivity contribution < 1.29 is 14.3 Å². The van der Waals surface area contributed by atoms with E-state index in [-0.39, 0.29) is 18.4 Å². The summed E-state index contributed by atoms with van der Waals surface area (Å²) in [7, 11) is 1.44. The van der Waals surface area contributed by atoms with Gasteiger partial charge in [0.15, 0.2) is 0 Å². The van der Waals surface area contributed by atoms with Gasteiger partial charge in [-0.25, -0.2) is 0 Å². The van der Waals surface area contributed by atoms with Crippen molar-refractivity contribution in [3.63, 3.8) is 0 Å². The Bertz CT molecular complexity index is 266. The number of hydrogen-bond acceptors (Lipinski definition) is 4. The van der Waals surface area contributed by atoms with Gasteiger partial charge in [0.2, 0.25) is 5.91 Å². The number of piperazine rings is 1. The van der Waals surface area contributed by atoms with Crippen molar-refractivity contribution in [1.82, 2.24) is 10.2 Å². The largest absolute Gasteiger partial charge is 0.370 e. The Hall–Kier alpha value is -1.14. The van der Waals surface area contributed by atoms with E-state index in [9.17, 15) is 9.59 Å². The van der Waals surface area contributed by atoms with Crippen LogP contribution in [0.3, 0.4) is 0 Å². The molecule has 0 aromatic rings. The van der Waals surface area contributed by atoms with Crippen molar-refractivity contribution in [2.75, 3.05) is 26.7 Å². The Balaban J connectivity index is 2.76. The van der Waals surface area contributed by atoms with Crippen LogP contribution in [-0.4, -0.2) is 55.6 Å². The molecule has 6 heteroatoms. The van der Waals surface area contributed by atoms with Crippen LogP contribution in [0.5, 0.6) is 0 Å². The van der Waals surface area contributed by atoms with Gasteiger partial charge in [0.05, 0.1) is 0 Å². The van der Waals surface area contributed by atoms with Crippen LogP contribution in [-0.2, 0) is 14.3 Å². The van der Waals surface area contributed by atoms with Crippen molar-refractivity contribution in [1.29, 1.82) is 0 Å². The molecular formula is C10H19N3O3. The van der Waals surface area contributed by atoms with Gasteiger partial charge in [0, 0.05) is 26.7 Å². The van der Waals surface area contributed by atoms with Crippen LogP contribution in [0.25, 0.3) is 0 Å². The number of methoxy groups -OCH3 is 1. The third-order valence-corrected chi connectivity index (χ3v) is 2.77. The molecule has 1 aliphatic rings. The lowest BCUT2D eigenvalue weighted by Gasteiger charge is -2.36. The predicted octanol–water partition coefficient (Wildman–Crippen LogP) is -1.30. The van der Waals surface area contributed by atoms with Crippen LogP contribution >= 0.6 is 0 Å². The second kappa shape index (κ2) is 5.81. The highest BCUT2D eigenvalue weighted by Crippen LogP contribution is 2.11. The number of rotatable bonds is 4. The van der Waals surface area contributed by atoms with Gasteiger partial charge < -0.3 is 20.7 Å². The summed E-state index contributed by atoms with van der Waals surface area (Å²) in [5, 5.41) is 2.74. The maximum atomic E-state index is 12.0. The second-order valence-electron chi connectivity index (χ2n) is 3.71. The zero-order valence-electron chi connectivity index (χ0n) is 9.73. The third-order valence-electron chi connectivity index (χ3n) is 2.77. The van der Waals surface area contributed by atoms with E-state index in [1.807, 2.05) is 6.92 Å². The predicted molar refractivity (Wildman–Crippen MR) is 58.7 cm³/mol. The molecule has 1 rings (SSSR count). The lowest BCUT2D eigenvalue weighted by molar-refractivity contribution is -0.150. The van der Waals surface area contributed by atoms with Gasteiger partial charge in [-0.1, -0.05) is 6.92 Å². The molecule has 2 unspecified atom stereocenters. The molecular weight excluding hydrogens is 210 g/mol. The maximum absolute atomic E-state index is 12.0. The topological polar surface area (TPSA) is 84.7 Å². The van der Waals surface area contributed by atoms with Gasteiger partial charge in [-0.2, -0.15) is 0 Å². The molecule has 0 saturated carbocycles. The summed E-state index contributed by atoms with van der Waals surface area (Å²) < 4.78 is 4.99. The molecule has 16 heavy (non-hydrogen) atoms. The van der Waals surface area contributed by atoms with Gasteiger partial charge in [-0.05, 0) is 6.42 Å². The summed E-state index contributed by atoms with van der Waals surface area (Å²) in [5.74, 6) is -0.305. The van der Waals surface area contributed by atoms with Crippen LogP contribution in [0.2, 0.25) is 0 Å². The minimum Gasteiger partial charge on any atom is -0.370 e. The fraction of sp³-hybridized carbons (Fsp3) is 0.800. The van der Waals surface area contributed by atoms with E-state index in [1.165, 1.54) is 7.11 Å². The summed E-state index contributed by atoms with van der Waals surface area (Å²) in [6.07, 6.45) is -0.0570. The second-order valence-corrected chi connectivity index (χ2v) is 3.71. The number of amides is 2. The molecule has 2 amide bonds. The van der Waals surface area contributed by atoms with E-state index >= 15 is 0 Å². The van der Waals surface area contributed by atoms with Gasteiger partial charge in [0.25, 0.3) is 5.91 Å². The molecule has 0 spiro atoms. The number of carbonyl (C=O) groups is 2. The average Bonchev–Trinajstić information content (AvgIpc) is 2.30. The number of nitrogens with two attached hydrogens (primary N) is 1. The quantitative estimate of drug-likeness (QED) is 0.627. The molecule has 2 atom stereocenters. The van der Waals surface area contributed by atoms with E-state index in [2.05, 4.69) is 5.32 Å². The minimum absolute atomic E-state index is 0.103. The molecule has 0 aromatic heterocycles. The summed E-state index contributed by atoms with van der Waals surface area (Å²) in [6, 6.07) is -0.398. The van der Waals surface area contributed by atoms with Crippen LogP contribution in [0.15, 0.2) is 0 Å². The van der Waals surface area contributed by atoms with Crippen LogP contribution in [0.4, 0.5) is 0 Å². The molecule has 3 N–H and O–H groups in total. The van der Waals surface area contributed by atoms with Crippen molar-refractivity contribution in [2.24, 2.45) is 5.73 Å². The number of nitrogens with one attached hydrogen (secondary N) is 1. The molecule has 0 bridgehead atoms. The molecule has 0 aromatic carbocycles. The standard InChI is InChI=1S/C10H19N3O3/c1-3-7-9(14)12-4-5-13(7)10(15)8(6-11)16-2/h7-8H,3-6,11H2,1-2H3,(H,12,14). The molecule has 6 nitrogen and oxygen atoms in total. The van der Waals surface area contributed by atoms with E-state index in [1.54, 1.807) is 4.90 Å². The number of hydrogen-bond donors (Lipinski definition) is 2. The summed E-state index contributed by atoms with van der Waals surface area (Å²) in [4.78, 5) is 25.1. The van der Waals surface area contributed by atoms with E-state index in [0.29, 0.717) is 19.5 Å². The zero-order valence-corrected chi connectivity index (χ0v) is 9.73. The number of nitrogens with zero attached hydrogens (tertiary/aromatic N) is 1. The highest BCUT2D eigenvalue weighted by molar-refractivity contribution is 5.90. The molecule has 1 heterocycles. The molecule has 1 aliphatic heterocycles. The van der Waals surface area contributed by atoms with Crippen molar-refractivity contribution in [3.8, 4) is 0 Å². The van der Waals surface area contributed by atoms with E-state index < -0.39 is 12.1 Å². The lowest BCUT2D eigenvalue weighted by Crippen LogP contribution is -2.59. The molecule has 0 aliphatic carbocycles. The van der Waals surface area contributed by atoms with Crippen molar-refractivity contribution >= 4 is 11.8 Å². The Labute approximate surface area is 95.1 Å². The van der Waals surface area contributed by atoms with Gasteiger partial charge in [-0.3, -0.25) is 9.59 Å². The van der Waals surface area contributed by atoms with Gasteiger partial charge >= 0.3 is 0 Å². The Morgan fingerprint density at radius 1 is 1.75 bits per heavy atom. The van der Waals surface area contributed by atoms with Gasteiger partial charge in [-0.15, -0.1) is 0 Å². The van der Waals surface area contributed by atoms with Crippen molar-refractivity contribution in [3.05, 3.63) is 0 Å². The highest BCUT2D eigenvalue weighted by atomic mass is 16.5. The summed E-state index contributed by atoms with van der Waals surface area (Å²) in [6.45, 7) is 3.01. The molecule has 1 saturated heterocycles. The number of carbonyl (C=O) groups excluding carboxylic acids is 2. The third kappa shape index (κ3) is 2.51. The van der Waals surface area contributed by atoms with Gasteiger partial charge in [0.1, 0.15) is 12.1 Å². The zero-order chi connectivity index (χ0) is 12.1. The first-order valence-electron chi connectivity index (χ1n) is 5.46. The van der Waals surface area contributed by atoms with E-state index in [0.717, 1.165) is 0 Å². The SMILES string of the molecule is CCC1C(=O)NCCN1C(=O)C(CN)OC. The van der Waals surface area contributed by atoms with E-state index in [4.69, 9.17) is 10.5 Å². The maximum Gasteiger partial charge on any atom is 0.253 e. The first-order valence-corrected chi connectivity index (χ1v) is 5.46. The fourth-order valence-corrected chi connectivity index (χ4v) is 1.87. The first-order chi connectivity index (χ1) is 7.65. The van der Waals surface area contributed by atoms with Crippen LogP contribution < -0.4 is 11.1 Å². The Morgan fingerprint density at radius 3 is 2.94 bits per heavy atom.